The maximum atomic E-state index is 8.52. The van der Waals surface area contributed by atoms with E-state index in [4.69, 9.17) is 5.39 Å². The summed E-state index contributed by atoms with van der Waals surface area (Å²) in [6, 6.07) is 17.1. The second-order valence-corrected chi connectivity index (χ2v) is 3.14. The molecule has 0 fully saturated rings. The van der Waals surface area contributed by atoms with E-state index in [1.807, 2.05) is 42.5 Å². The van der Waals surface area contributed by atoms with E-state index in [0.717, 1.165) is 11.4 Å². The Morgan fingerprint density at radius 1 is 0.737 bits per heavy atom. The smallest absolute Gasteiger partial charge is 1.00 e. The van der Waals surface area contributed by atoms with Gasteiger partial charge in [0.05, 0.1) is 0 Å². The van der Waals surface area contributed by atoms with Crippen molar-refractivity contribution in [1.82, 2.24) is 0 Å². The molecule has 0 aliphatic carbocycles. The molecule has 0 saturated heterocycles. The van der Waals surface area contributed by atoms with Crippen molar-refractivity contribution in [1.29, 1.82) is 5.39 Å². The zero-order valence-electron chi connectivity index (χ0n) is 9.93. The number of nitrogens with zero attached hydrogens (tertiary/aromatic N) is 2. The van der Waals surface area contributed by atoms with Crippen LogP contribution >= 0.6 is 0 Å². The van der Waals surface area contributed by atoms with Gasteiger partial charge in [0.25, 0.3) is 0 Å². The molecule has 0 spiro atoms. The molecule has 0 atom stereocenters. The molecule has 0 saturated carbocycles. The molecule has 2 aromatic rings. The van der Waals surface area contributed by atoms with Gasteiger partial charge >= 0.3 is 25.2 Å². The van der Waals surface area contributed by atoms with Crippen LogP contribution in [-0.4, -0.2) is 0 Å². The number of anilines is 2. The number of para-hydroxylation sites is 1. The van der Waals surface area contributed by atoms with E-state index in [-0.39, 0.29) is 56.7 Å². The summed E-state index contributed by atoms with van der Waals surface area (Å²) in [4.78, 5) is 3.09. The summed E-state index contributed by atoms with van der Waals surface area (Å²) in [5.41, 5.74) is 2.55. The van der Waals surface area contributed by atoms with Crippen LogP contribution in [0, 0.1) is 5.39 Å². The molecule has 7 heteroatoms. The second kappa shape index (κ2) is 12.2. The topological polar surface area (TPSA) is 40.2 Å². The zero-order valence-corrected chi connectivity index (χ0v) is 15.2. The Balaban J connectivity index is -0.000000640. The van der Waals surface area contributed by atoms with Gasteiger partial charge in [-0.15, -0.1) is 0 Å². The van der Waals surface area contributed by atoms with E-state index >= 15 is 0 Å². The molecule has 96 valence electrons. The summed E-state index contributed by atoms with van der Waals surface area (Å²) in [5.74, 6) is 0. The molecular weight excluding hydrogens is 358 g/mol. The van der Waals surface area contributed by atoms with Crippen LogP contribution < -0.4 is 42.5 Å². The van der Waals surface area contributed by atoms with E-state index in [0.29, 0.717) is 5.69 Å². The van der Waals surface area contributed by atoms with Gasteiger partial charge in [-0.2, -0.15) is 0 Å². The first-order chi connectivity index (χ1) is 7.38. The zero-order chi connectivity index (χ0) is 10.5. The molecule has 0 unspecified atom stereocenters. The van der Waals surface area contributed by atoms with E-state index in [9.17, 15) is 0 Å². The molecule has 0 aliphatic rings. The third kappa shape index (κ3) is 7.35. The maximum absolute atomic E-state index is 8.52. The Bertz CT molecular complexity index is 486. The SMILES string of the molecule is N#[N+]c1ccc(Nc2ccccc2)cc1.[Cl-].[Cl-].[Cl-].[Zn+2]. The van der Waals surface area contributed by atoms with Crippen molar-refractivity contribution < 1.29 is 56.7 Å². The molecule has 2 rings (SSSR count). The minimum Gasteiger partial charge on any atom is -1.00 e. The first kappa shape index (κ1) is 23.3. The van der Waals surface area contributed by atoms with E-state index in [2.05, 4.69) is 10.3 Å². The van der Waals surface area contributed by atoms with Gasteiger partial charge in [0.15, 0.2) is 4.98 Å². The first-order valence-electron chi connectivity index (χ1n) is 4.66. The van der Waals surface area contributed by atoms with Crippen LogP contribution in [0.1, 0.15) is 0 Å². The average Bonchev–Trinajstić information content (AvgIpc) is 2.31. The van der Waals surface area contributed by atoms with Crippen molar-refractivity contribution >= 4 is 17.1 Å². The predicted octanol–water partition coefficient (Wildman–Crippen LogP) is -5.08. The Morgan fingerprint density at radius 2 is 1.21 bits per heavy atom. The monoisotopic (exact) mass is 365 g/mol. The number of benzene rings is 2. The van der Waals surface area contributed by atoms with Gasteiger partial charge in [-0.05, 0) is 24.3 Å². The van der Waals surface area contributed by atoms with Crippen molar-refractivity contribution in [3.63, 3.8) is 0 Å². The van der Waals surface area contributed by atoms with Crippen LogP contribution in [-0.2, 0) is 19.5 Å². The third-order valence-electron chi connectivity index (χ3n) is 2.05. The summed E-state index contributed by atoms with van der Waals surface area (Å²) in [6.07, 6.45) is 0. The largest absolute Gasteiger partial charge is 2.00 e. The molecule has 0 bridgehead atoms. The standard InChI is InChI=1S/C12H10N3.3ClH.Zn/c13-15-12-8-6-11(7-9-12)14-10-4-2-1-3-5-10;;;;/h1-9,14H;3*1H;/q+1;;;;+2/p-3. The summed E-state index contributed by atoms with van der Waals surface area (Å²) in [5, 5.41) is 11.8. The molecule has 3 nitrogen and oxygen atoms in total. The fourth-order valence-corrected chi connectivity index (χ4v) is 1.30. The molecule has 0 radical (unpaired) electrons. The molecule has 2 aromatic carbocycles. The van der Waals surface area contributed by atoms with Crippen molar-refractivity contribution in [2.45, 2.75) is 0 Å². The predicted molar refractivity (Wildman–Crippen MR) is 60.9 cm³/mol. The molecule has 1 N–H and O–H groups in total. The Kier molecular flexibility index (Phi) is 14.9. The number of nitrogens with one attached hydrogen (secondary N) is 1. The number of hydrogen-bond acceptors (Lipinski definition) is 2. The van der Waals surface area contributed by atoms with Gasteiger partial charge in [0, 0.05) is 23.5 Å². The van der Waals surface area contributed by atoms with Crippen LogP contribution in [0.4, 0.5) is 17.1 Å². The molecule has 0 aromatic heterocycles. The average molecular weight is 368 g/mol. The van der Waals surface area contributed by atoms with Crippen molar-refractivity contribution in [2.75, 3.05) is 5.32 Å². The van der Waals surface area contributed by atoms with Crippen LogP contribution in [0.2, 0.25) is 0 Å². The second-order valence-electron chi connectivity index (χ2n) is 3.14. The molecule has 19 heavy (non-hydrogen) atoms. The van der Waals surface area contributed by atoms with Gasteiger partial charge in [0.1, 0.15) is 0 Å². The van der Waals surface area contributed by atoms with Crippen molar-refractivity contribution in [3.05, 3.63) is 59.6 Å². The van der Waals surface area contributed by atoms with E-state index in [1.54, 1.807) is 12.1 Å². The number of diazo groups is 1. The minimum absolute atomic E-state index is 0. The molecule has 0 aliphatic heterocycles. The van der Waals surface area contributed by atoms with Crippen LogP contribution in [0.5, 0.6) is 0 Å². The number of halogens is 3. The van der Waals surface area contributed by atoms with E-state index in [1.165, 1.54) is 0 Å². The Labute approximate surface area is 143 Å². The summed E-state index contributed by atoms with van der Waals surface area (Å²) >= 11 is 0. The Hall–Kier alpha value is -0.847. The molecule has 0 amide bonds. The van der Waals surface area contributed by atoms with Gasteiger partial charge < -0.3 is 42.5 Å². The van der Waals surface area contributed by atoms with Crippen LogP contribution in [0.3, 0.4) is 0 Å². The number of hydrogen-bond donors (Lipinski definition) is 1. The fraction of sp³-hybridized carbons (Fsp3) is 0. The molecule has 0 heterocycles. The van der Waals surface area contributed by atoms with Crippen molar-refractivity contribution in [2.24, 2.45) is 0 Å². The minimum atomic E-state index is 0. The number of rotatable bonds is 2. The van der Waals surface area contributed by atoms with Crippen LogP contribution in [0.25, 0.3) is 4.98 Å². The summed E-state index contributed by atoms with van der Waals surface area (Å²) in [6.45, 7) is 0. The van der Waals surface area contributed by atoms with Gasteiger partial charge in [-0.1, -0.05) is 18.2 Å². The summed E-state index contributed by atoms with van der Waals surface area (Å²) < 4.78 is 0. The Morgan fingerprint density at radius 3 is 1.68 bits per heavy atom. The van der Waals surface area contributed by atoms with Gasteiger partial charge in [0.2, 0.25) is 5.39 Å². The fourth-order valence-electron chi connectivity index (χ4n) is 1.30. The van der Waals surface area contributed by atoms with Crippen LogP contribution in [0.15, 0.2) is 54.6 Å². The van der Waals surface area contributed by atoms with Gasteiger partial charge in [-0.25, -0.2) is 0 Å². The van der Waals surface area contributed by atoms with E-state index < -0.39 is 0 Å². The summed E-state index contributed by atoms with van der Waals surface area (Å²) in [7, 11) is 0. The van der Waals surface area contributed by atoms with Gasteiger partial charge in [-0.3, -0.25) is 0 Å². The first-order valence-corrected chi connectivity index (χ1v) is 4.66. The third-order valence-corrected chi connectivity index (χ3v) is 2.05. The molecular formula is C12H10Cl3N3Zn. The normalized spacial score (nSPS) is 7.32. The maximum Gasteiger partial charge on any atom is 2.00 e. The van der Waals surface area contributed by atoms with Crippen molar-refractivity contribution in [3.8, 4) is 0 Å². The quantitative estimate of drug-likeness (QED) is 0.426.